The summed E-state index contributed by atoms with van der Waals surface area (Å²) in [7, 11) is 0. The van der Waals surface area contributed by atoms with Crippen LogP contribution in [0, 0.1) is 19.7 Å². The maximum absolute atomic E-state index is 13.6. The number of benzene rings is 1. The number of fused-ring (bicyclic) bond motifs is 1. The standard InChI is InChI=1S/C11H13FN2O/c1-6-7(2)14-11-9(6)3-8(5-15-13)4-10(11)12/h3-4,14H,5,13H2,1-2H3. The number of hydrogen-bond donors (Lipinski definition) is 2. The van der Waals surface area contributed by atoms with Crippen LogP contribution in [-0.4, -0.2) is 4.98 Å². The molecule has 0 aliphatic carbocycles. The first-order valence-electron chi connectivity index (χ1n) is 4.72. The third kappa shape index (κ3) is 1.62. The highest BCUT2D eigenvalue weighted by molar-refractivity contribution is 5.85. The van der Waals surface area contributed by atoms with Crippen LogP contribution in [0.1, 0.15) is 16.8 Å². The van der Waals surface area contributed by atoms with Gasteiger partial charge in [-0.2, -0.15) is 0 Å². The number of halogens is 1. The highest BCUT2D eigenvalue weighted by Gasteiger charge is 2.10. The number of aromatic nitrogens is 1. The summed E-state index contributed by atoms with van der Waals surface area (Å²) >= 11 is 0. The highest BCUT2D eigenvalue weighted by atomic mass is 19.1. The molecule has 0 unspecified atom stereocenters. The molecule has 1 aromatic heterocycles. The van der Waals surface area contributed by atoms with Crippen LogP contribution < -0.4 is 5.90 Å². The molecule has 0 fully saturated rings. The summed E-state index contributed by atoms with van der Waals surface area (Å²) in [5.41, 5.74) is 3.33. The Morgan fingerprint density at radius 1 is 1.40 bits per heavy atom. The van der Waals surface area contributed by atoms with E-state index < -0.39 is 0 Å². The van der Waals surface area contributed by atoms with Crippen LogP contribution in [-0.2, 0) is 11.4 Å². The zero-order valence-corrected chi connectivity index (χ0v) is 8.73. The smallest absolute Gasteiger partial charge is 0.147 e. The van der Waals surface area contributed by atoms with Gasteiger partial charge in [-0.05, 0) is 37.1 Å². The van der Waals surface area contributed by atoms with Gasteiger partial charge in [0.25, 0.3) is 0 Å². The van der Waals surface area contributed by atoms with Gasteiger partial charge in [0, 0.05) is 11.1 Å². The Bertz CT molecular complexity index is 505. The van der Waals surface area contributed by atoms with E-state index in [1.54, 1.807) is 0 Å². The van der Waals surface area contributed by atoms with Crippen LogP contribution in [0.2, 0.25) is 0 Å². The SMILES string of the molecule is Cc1[nH]c2c(F)cc(CON)cc2c1C. The first-order valence-corrected chi connectivity index (χ1v) is 4.72. The summed E-state index contributed by atoms with van der Waals surface area (Å²) in [6.07, 6.45) is 0. The Kier molecular flexibility index (Phi) is 2.46. The molecular weight excluding hydrogens is 195 g/mol. The van der Waals surface area contributed by atoms with Crippen LogP contribution in [0.3, 0.4) is 0 Å². The molecule has 4 heteroatoms. The maximum Gasteiger partial charge on any atom is 0.147 e. The molecule has 1 aromatic carbocycles. The minimum atomic E-state index is -0.268. The van der Waals surface area contributed by atoms with Crippen molar-refractivity contribution >= 4 is 10.9 Å². The van der Waals surface area contributed by atoms with Gasteiger partial charge < -0.3 is 4.98 Å². The van der Waals surface area contributed by atoms with Gasteiger partial charge in [0.1, 0.15) is 5.82 Å². The van der Waals surface area contributed by atoms with Gasteiger partial charge in [-0.3, -0.25) is 4.84 Å². The van der Waals surface area contributed by atoms with Crippen molar-refractivity contribution in [3.63, 3.8) is 0 Å². The van der Waals surface area contributed by atoms with Crippen LogP contribution in [0.15, 0.2) is 12.1 Å². The van der Waals surface area contributed by atoms with Crippen molar-refractivity contribution in [3.8, 4) is 0 Å². The number of nitrogens with two attached hydrogens (primary N) is 1. The van der Waals surface area contributed by atoms with Crippen molar-refractivity contribution in [2.45, 2.75) is 20.5 Å². The maximum atomic E-state index is 13.6. The lowest BCUT2D eigenvalue weighted by Crippen LogP contribution is -1.99. The molecule has 15 heavy (non-hydrogen) atoms. The molecule has 0 spiro atoms. The van der Waals surface area contributed by atoms with Crippen molar-refractivity contribution in [2.75, 3.05) is 0 Å². The molecule has 0 amide bonds. The van der Waals surface area contributed by atoms with Gasteiger partial charge in [-0.15, -0.1) is 0 Å². The Balaban J connectivity index is 2.68. The van der Waals surface area contributed by atoms with E-state index in [-0.39, 0.29) is 12.4 Å². The minimum absolute atomic E-state index is 0.219. The summed E-state index contributed by atoms with van der Waals surface area (Å²) in [5, 5.41) is 0.888. The average molecular weight is 208 g/mol. The van der Waals surface area contributed by atoms with E-state index >= 15 is 0 Å². The Morgan fingerprint density at radius 2 is 2.13 bits per heavy atom. The van der Waals surface area contributed by atoms with E-state index in [0.717, 1.165) is 22.2 Å². The van der Waals surface area contributed by atoms with Gasteiger partial charge in [0.2, 0.25) is 0 Å². The summed E-state index contributed by atoms with van der Waals surface area (Å²) in [5.74, 6) is 4.70. The summed E-state index contributed by atoms with van der Waals surface area (Å²) in [6, 6.07) is 3.33. The van der Waals surface area contributed by atoms with Crippen LogP contribution in [0.25, 0.3) is 10.9 Å². The molecule has 80 valence electrons. The zero-order valence-electron chi connectivity index (χ0n) is 8.73. The quantitative estimate of drug-likeness (QED) is 0.744. The van der Waals surface area contributed by atoms with Gasteiger partial charge >= 0.3 is 0 Å². The number of rotatable bonds is 2. The zero-order chi connectivity index (χ0) is 11.0. The third-order valence-electron chi connectivity index (χ3n) is 2.68. The molecule has 2 aromatic rings. The number of aromatic amines is 1. The minimum Gasteiger partial charge on any atom is -0.356 e. The van der Waals surface area contributed by atoms with E-state index in [1.807, 2.05) is 19.9 Å². The molecule has 0 radical (unpaired) electrons. The number of hydrogen-bond acceptors (Lipinski definition) is 2. The molecule has 0 aliphatic heterocycles. The van der Waals surface area contributed by atoms with Crippen molar-refractivity contribution in [3.05, 3.63) is 34.8 Å². The number of aryl methyl sites for hydroxylation is 2. The van der Waals surface area contributed by atoms with E-state index in [4.69, 9.17) is 5.90 Å². The third-order valence-corrected chi connectivity index (χ3v) is 2.68. The first kappa shape index (κ1) is 10.1. The second-order valence-corrected chi connectivity index (χ2v) is 3.69. The lowest BCUT2D eigenvalue weighted by molar-refractivity contribution is 0.124. The van der Waals surface area contributed by atoms with E-state index in [9.17, 15) is 4.39 Å². The molecule has 0 atom stereocenters. The average Bonchev–Trinajstić information content (AvgIpc) is 2.46. The molecular formula is C11H13FN2O. The molecule has 2 rings (SSSR count). The van der Waals surface area contributed by atoms with Gasteiger partial charge in [0.15, 0.2) is 0 Å². The monoisotopic (exact) mass is 208 g/mol. The molecule has 0 bridgehead atoms. The summed E-state index contributed by atoms with van der Waals surface area (Å²) in [6.45, 7) is 4.10. The Morgan fingerprint density at radius 3 is 2.80 bits per heavy atom. The molecule has 0 aliphatic rings. The highest BCUT2D eigenvalue weighted by Crippen LogP contribution is 2.25. The summed E-state index contributed by atoms with van der Waals surface area (Å²) in [4.78, 5) is 7.52. The van der Waals surface area contributed by atoms with E-state index in [0.29, 0.717) is 5.52 Å². The largest absolute Gasteiger partial charge is 0.356 e. The summed E-state index contributed by atoms with van der Waals surface area (Å²) < 4.78 is 13.6. The van der Waals surface area contributed by atoms with Gasteiger partial charge in [-0.1, -0.05) is 0 Å². The first-order chi connectivity index (χ1) is 7.13. The van der Waals surface area contributed by atoms with Crippen molar-refractivity contribution in [2.24, 2.45) is 5.90 Å². The van der Waals surface area contributed by atoms with Crippen molar-refractivity contribution in [1.82, 2.24) is 4.98 Å². The normalized spacial score (nSPS) is 11.2. The lowest BCUT2D eigenvalue weighted by Gasteiger charge is -2.01. The lowest BCUT2D eigenvalue weighted by atomic mass is 10.1. The second-order valence-electron chi connectivity index (χ2n) is 3.69. The Hall–Kier alpha value is -1.39. The van der Waals surface area contributed by atoms with Crippen LogP contribution >= 0.6 is 0 Å². The van der Waals surface area contributed by atoms with Crippen LogP contribution in [0.4, 0.5) is 4.39 Å². The Labute approximate surface area is 87.0 Å². The number of nitrogens with one attached hydrogen (secondary N) is 1. The number of H-pyrrole nitrogens is 1. The predicted molar refractivity (Wildman–Crippen MR) is 56.7 cm³/mol. The topological polar surface area (TPSA) is 51.0 Å². The van der Waals surface area contributed by atoms with Crippen molar-refractivity contribution < 1.29 is 9.23 Å². The molecule has 1 heterocycles. The van der Waals surface area contributed by atoms with Gasteiger partial charge in [0.05, 0.1) is 12.1 Å². The molecule has 0 saturated heterocycles. The second kappa shape index (κ2) is 3.64. The van der Waals surface area contributed by atoms with E-state index in [2.05, 4.69) is 9.82 Å². The van der Waals surface area contributed by atoms with E-state index in [1.165, 1.54) is 6.07 Å². The van der Waals surface area contributed by atoms with Gasteiger partial charge in [-0.25, -0.2) is 10.3 Å². The molecule has 0 saturated carbocycles. The fourth-order valence-corrected chi connectivity index (χ4v) is 1.75. The predicted octanol–water partition coefficient (Wildman–Crippen LogP) is 2.31. The van der Waals surface area contributed by atoms with Crippen LogP contribution in [0.5, 0.6) is 0 Å². The molecule has 3 N–H and O–H groups in total. The van der Waals surface area contributed by atoms with Crippen molar-refractivity contribution in [1.29, 1.82) is 0 Å². The fraction of sp³-hybridized carbons (Fsp3) is 0.273. The molecule has 3 nitrogen and oxygen atoms in total. The fourth-order valence-electron chi connectivity index (χ4n) is 1.75.